The Labute approximate surface area is 131 Å². The molecule has 0 bridgehead atoms. The highest BCUT2D eigenvalue weighted by Gasteiger charge is 2.33. The quantitative estimate of drug-likeness (QED) is 0.688. The highest BCUT2D eigenvalue weighted by molar-refractivity contribution is 9.10. The minimum atomic E-state index is 0.477. The van der Waals surface area contributed by atoms with Crippen molar-refractivity contribution in [3.05, 3.63) is 28.7 Å². The van der Waals surface area contributed by atoms with Gasteiger partial charge in [-0.3, -0.25) is 0 Å². The summed E-state index contributed by atoms with van der Waals surface area (Å²) in [5, 5.41) is 3.61. The second-order valence-corrected chi connectivity index (χ2v) is 6.85. The van der Waals surface area contributed by atoms with Crippen LogP contribution in [0.25, 0.3) is 0 Å². The molecule has 1 aromatic carbocycles. The van der Waals surface area contributed by atoms with Crippen molar-refractivity contribution in [3.63, 3.8) is 0 Å². The number of hydrogen-bond acceptors (Lipinski definition) is 2. The Bertz CT molecular complexity index is 384. The summed E-state index contributed by atoms with van der Waals surface area (Å²) in [6.07, 6.45) is 7.85. The van der Waals surface area contributed by atoms with Gasteiger partial charge in [0.2, 0.25) is 0 Å². The smallest absolute Gasteiger partial charge is 0.119 e. The Kier molecular flexibility index (Phi) is 6.37. The first-order valence-corrected chi connectivity index (χ1v) is 8.62. The lowest BCUT2D eigenvalue weighted by atomic mass is 9.83. The van der Waals surface area contributed by atoms with Gasteiger partial charge in [0.25, 0.3) is 0 Å². The van der Waals surface area contributed by atoms with Crippen molar-refractivity contribution in [2.75, 3.05) is 19.7 Å². The van der Waals surface area contributed by atoms with E-state index in [1.165, 1.54) is 38.5 Å². The van der Waals surface area contributed by atoms with Crippen molar-refractivity contribution in [3.8, 4) is 5.75 Å². The van der Waals surface area contributed by atoms with Crippen LogP contribution in [-0.2, 0) is 0 Å². The Morgan fingerprint density at radius 2 is 1.90 bits per heavy atom. The van der Waals surface area contributed by atoms with E-state index in [0.717, 1.165) is 29.9 Å². The normalized spacial score (nSPS) is 17.3. The maximum absolute atomic E-state index is 5.91. The predicted octanol–water partition coefficient (Wildman–Crippen LogP) is 4.78. The number of nitrogens with one attached hydrogen (secondary N) is 1. The van der Waals surface area contributed by atoms with Crippen LogP contribution >= 0.6 is 15.9 Å². The summed E-state index contributed by atoms with van der Waals surface area (Å²) in [4.78, 5) is 0. The van der Waals surface area contributed by atoms with Gasteiger partial charge in [0, 0.05) is 11.0 Å². The van der Waals surface area contributed by atoms with Crippen molar-refractivity contribution in [1.29, 1.82) is 0 Å². The number of rotatable bonds is 8. The van der Waals surface area contributed by atoms with Crippen molar-refractivity contribution < 1.29 is 4.74 Å². The van der Waals surface area contributed by atoms with E-state index in [0.29, 0.717) is 5.41 Å². The molecule has 1 aromatic rings. The molecule has 2 nitrogen and oxygen atoms in total. The topological polar surface area (TPSA) is 21.3 Å². The number of hydrogen-bond donors (Lipinski definition) is 1. The molecule has 112 valence electrons. The zero-order valence-corrected chi connectivity index (χ0v) is 14.0. The lowest BCUT2D eigenvalue weighted by Crippen LogP contribution is -2.34. The van der Waals surface area contributed by atoms with Crippen molar-refractivity contribution in [2.45, 2.75) is 45.4 Å². The summed E-state index contributed by atoms with van der Waals surface area (Å²) in [6.45, 7) is 5.35. The van der Waals surface area contributed by atoms with E-state index in [-0.39, 0.29) is 0 Å². The van der Waals surface area contributed by atoms with E-state index in [9.17, 15) is 0 Å². The maximum Gasteiger partial charge on any atom is 0.119 e. The van der Waals surface area contributed by atoms with E-state index in [4.69, 9.17) is 4.74 Å². The van der Waals surface area contributed by atoms with Crippen LogP contribution in [0.15, 0.2) is 28.7 Å². The number of ether oxygens (including phenoxy) is 1. The zero-order chi connectivity index (χ0) is 14.3. The van der Waals surface area contributed by atoms with E-state index < -0.39 is 0 Å². The van der Waals surface area contributed by atoms with Gasteiger partial charge in [0.15, 0.2) is 0 Å². The molecule has 1 aliphatic rings. The number of halogens is 1. The van der Waals surface area contributed by atoms with Crippen LogP contribution < -0.4 is 10.1 Å². The van der Waals surface area contributed by atoms with Gasteiger partial charge in [0.1, 0.15) is 5.75 Å². The van der Waals surface area contributed by atoms with Gasteiger partial charge in [0.05, 0.1) is 6.61 Å². The van der Waals surface area contributed by atoms with Crippen LogP contribution in [0.3, 0.4) is 0 Å². The molecule has 0 heterocycles. The van der Waals surface area contributed by atoms with Gasteiger partial charge in [-0.15, -0.1) is 0 Å². The summed E-state index contributed by atoms with van der Waals surface area (Å²) in [6, 6.07) is 8.12. The molecule has 20 heavy (non-hydrogen) atoms. The standard InChI is InChI=1S/C17H26BrNO/c1-2-12-19-14-17(9-3-4-10-17)11-13-20-16-7-5-15(18)6-8-16/h5-8,19H,2-4,9-14H2,1H3. The Balaban J connectivity index is 1.78. The van der Waals surface area contributed by atoms with Gasteiger partial charge in [-0.05, 0) is 61.9 Å². The summed E-state index contributed by atoms with van der Waals surface area (Å²) in [5.41, 5.74) is 0.477. The second-order valence-electron chi connectivity index (χ2n) is 5.94. The lowest BCUT2D eigenvalue weighted by Gasteiger charge is -2.29. The van der Waals surface area contributed by atoms with Crippen LogP contribution in [0, 0.1) is 5.41 Å². The minimum absolute atomic E-state index is 0.477. The average Bonchev–Trinajstić information content (AvgIpc) is 2.91. The molecule has 0 aromatic heterocycles. The molecule has 1 N–H and O–H groups in total. The summed E-state index contributed by atoms with van der Waals surface area (Å²) in [7, 11) is 0. The van der Waals surface area contributed by atoms with Gasteiger partial charge < -0.3 is 10.1 Å². The fourth-order valence-electron chi connectivity index (χ4n) is 3.09. The Morgan fingerprint density at radius 1 is 1.20 bits per heavy atom. The highest BCUT2D eigenvalue weighted by atomic mass is 79.9. The molecule has 0 radical (unpaired) electrons. The monoisotopic (exact) mass is 339 g/mol. The third-order valence-electron chi connectivity index (χ3n) is 4.31. The van der Waals surface area contributed by atoms with Gasteiger partial charge in [-0.2, -0.15) is 0 Å². The molecule has 0 amide bonds. The van der Waals surface area contributed by atoms with Gasteiger partial charge in [-0.1, -0.05) is 35.7 Å². The molecule has 0 atom stereocenters. The third-order valence-corrected chi connectivity index (χ3v) is 4.83. The van der Waals surface area contributed by atoms with Crippen LogP contribution in [0.1, 0.15) is 45.4 Å². The molecule has 2 rings (SSSR count). The molecule has 0 spiro atoms. The second kappa shape index (κ2) is 8.04. The first kappa shape index (κ1) is 15.8. The van der Waals surface area contributed by atoms with E-state index in [1.807, 2.05) is 24.3 Å². The van der Waals surface area contributed by atoms with Gasteiger partial charge >= 0.3 is 0 Å². The lowest BCUT2D eigenvalue weighted by molar-refractivity contribution is 0.192. The summed E-state index contributed by atoms with van der Waals surface area (Å²) >= 11 is 3.45. The predicted molar refractivity (Wildman–Crippen MR) is 88.3 cm³/mol. The van der Waals surface area contributed by atoms with Crippen LogP contribution in [0.2, 0.25) is 0 Å². The van der Waals surface area contributed by atoms with E-state index in [1.54, 1.807) is 0 Å². The van der Waals surface area contributed by atoms with E-state index >= 15 is 0 Å². The number of benzene rings is 1. The fourth-order valence-corrected chi connectivity index (χ4v) is 3.35. The van der Waals surface area contributed by atoms with Crippen LogP contribution in [0.5, 0.6) is 5.75 Å². The molecule has 1 saturated carbocycles. The molecule has 1 fully saturated rings. The molecule has 0 unspecified atom stereocenters. The van der Waals surface area contributed by atoms with Crippen LogP contribution in [0.4, 0.5) is 0 Å². The Morgan fingerprint density at radius 3 is 2.55 bits per heavy atom. The first-order chi connectivity index (χ1) is 9.74. The maximum atomic E-state index is 5.91. The van der Waals surface area contributed by atoms with E-state index in [2.05, 4.69) is 28.2 Å². The highest BCUT2D eigenvalue weighted by Crippen LogP contribution is 2.40. The van der Waals surface area contributed by atoms with Gasteiger partial charge in [-0.25, -0.2) is 0 Å². The molecule has 3 heteroatoms. The van der Waals surface area contributed by atoms with Crippen molar-refractivity contribution in [1.82, 2.24) is 5.32 Å². The third kappa shape index (κ3) is 4.78. The zero-order valence-electron chi connectivity index (χ0n) is 12.5. The average molecular weight is 340 g/mol. The fraction of sp³-hybridized carbons (Fsp3) is 0.647. The summed E-state index contributed by atoms with van der Waals surface area (Å²) < 4.78 is 7.00. The van der Waals surface area contributed by atoms with Crippen LogP contribution in [-0.4, -0.2) is 19.7 Å². The SMILES string of the molecule is CCCNCC1(CCOc2ccc(Br)cc2)CCCC1. The van der Waals surface area contributed by atoms with Crippen molar-refractivity contribution in [2.24, 2.45) is 5.41 Å². The molecular formula is C17H26BrNO. The summed E-state index contributed by atoms with van der Waals surface area (Å²) in [5.74, 6) is 0.975. The molecular weight excluding hydrogens is 314 g/mol. The molecule has 0 saturated heterocycles. The largest absolute Gasteiger partial charge is 0.494 e. The molecule has 1 aliphatic carbocycles. The first-order valence-electron chi connectivity index (χ1n) is 7.83. The van der Waals surface area contributed by atoms with Crippen molar-refractivity contribution >= 4 is 15.9 Å². The molecule has 0 aliphatic heterocycles. The Hall–Kier alpha value is -0.540. The minimum Gasteiger partial charge on any atom is -0.494 e.